The van der Waals surface area contributed by atoms with Crippen molar-refractivity contribution in [2.75, 3.05) is 19.7 Å². The zero-order chi connectivity index (χ0) is 11.6. The van der Waals surface area contributed by atoms with Gasteiger partial charge in [0.1, 0.15) is 0 Å². The number of ether oxygens (including phenoxy) is 1. The van der Waals surface area contributed by atoms with E-state index in [9.17, 15) is 0 Å². The van der Waals surface area contributed by atoms with Crippen molar-refractivity contribution in [2.24, 2.45) is 5.73 Å². The van der Waals surface area contributed by atoms with E-state index >= 15 is 0 Å². The van der Waals surface area contributed by atoms with Crippen LogP contribution in [0.4, 0.5) is 0 Å². The molecule has 0 aromatic carbocycles. The van der Waals surface area contributed by atoms with Crippen molar-refractivity contribution in [3.05, 3.63) is 0 Å². The minimum absolute atomic E-state index is 0.215. The van der Waals surface area contributed by atoms with Gasteiger partial charge < -0.3 is 10.5 Å². The first-order valence-corrected chi connectivity index (χ1v) is 6.72. The Morgan fingerprint density at radius 2 is 2.31 bits per heavy atom. The van der Waals surface area contributed by atoms with Gasteiger partial charge in [0, 0.05) is 19.2 Å². The maximum absolute atomic E-state index is 5.94. The van der Waals surface area contributed by atoms with E-state index in [0.29, 0.717) is 11.0 Å². The topological polar surface area (TPSA) is 38.5 Å². The molecule has 1 saturated heterocycles. The number of likely N-dealkylation sites (N-methyl/N-ethyl adjacent to an activating group) is 1. The van der Waals surface area contributed by atoms with Crippen LogP contribution >= 0.6 is 12.2 Å². The molecular weight excluding hydrogens is 220 g/mol. The SMILES string of the molecule is CCN(CC(N)=S)C1CCOC2(CCC2)C1. The van der Waals surface area contributed by atoms with Crippen LogP contribution < -0.4 is 5.73 Å². The summed E-state index contributed by atoms with van der Waals surface area (Å²) in [6.07, 6.45) is 6.11. The molecule has 2 fully saturated rings. The molecule has 2 N–H and O–H groups in total. The fourth-order valence-electron chi connectivity index (χ4n) is 2.93. The third kappa shape index (κ3) is 2.55. The molecule has 1 aliphatic heterocycles. The molecule has 1 spiro atoms. The van der Waals surface area contributed by atoms with Crippen LogP contribution in [-0.4, -0.2) is 41.2 Å². The van der Waals surface area contributed by atoms with E-state index in [2.05, 4.69) is 11.8 Å². The Kier molecular flexibility index (Phi) is 3.82. The number of rotatable bonds is 4. The van der Waals surface area contributed by atoms with Crippen LogP contribution in [0.25, 0.3) is 0 Å². The van der Waals surface area contributed by atoms with E-state index in [1.807, 2.05) is 0 Å². The number of hydrogen-bond donors (Lipinski definition) is 1. The Bertz CT molecular complexity index is 266. The van der Waals surface area contributed by atoms with Gasteiger partial charge in [-0.25, -0.2) is 0 Å². The second-order valence-corrected chi connectivity index (χ2v) is 5.59. The summed E-state index contributed by atoms with van der Waals surface area (Å²) in [7, 11) is 0. The molecule has 0 radical (unpaired) electrons. The van der Waals surface area contributed by atoms with Gasteiger partial charge in [0.25, 0.3) is 0 Å². The molecule has 92 valence electrons. The second-order valence-electron chi connectivity index (χ2n) is 5.06. The third-order valence-electron chi connectivity index (χ3n) is 4.01. The number of thiocarbonyl (C=S) groups is 1. The van der Waals surface area contributed by atoms with Gasteiger partial charge in [-0.15, -0.1) is 0 Å². The van der Waals surface area contributed by atoms with Crippen molar-refractivity contribution in [1.29, 1.82) is 0 Å². The van der Waals surface area contributed by atoms with Crippen molar-refractivity contribution in [1.82, 2.24) is 4.90 Å². The lowest BCUT2D eigenvalue weighted by atomic mass is 9.73. The molecule has 0 aromatic heterocycles. The van der Waals surface area contributed by atoms with Gasteiger partial charge >= 0.3 is 0 Å². The summed E-state index contributed by atoms with van der Waals surface area (Å²) in [6.45, 7) is 4.87. The van der Waals surface area contributed by atoms with E-state index in [0.717, 1.165) is 26.1 Å². The minimum Gasteiger partial charge on any atom is -0.392 e. The Balaban J connectivity index is 1.93. The first-order chi connectivity index (χ1) is 7.65. The van der Waals surface area contributed by atoms with Gasteiger partial charge in [-0.05, 0) is 38.6 Å². The molecule has 2 rings (SSSR count). The van der Waals surface area contributed by atoms with Crippen molar-refractivity contribution in [3.63, 3.8) is 0 Å². The normalized spacial score (nSPS) is 28.0. The first-order valence-electron chi connectivity index (χ1n) is 6.31. The summed E-state index contributed by atoms with van der Waals surface area (Å²) in [5.41, 5.74) is 5.86. The number of hydrogen-bond acceptors (Lipinski definition) is 3. The van der Waals surface area contributed by atoms with E-state index in [1.54, 1.807) is 0 Å². The smallest absolute Gasteiger partial charge is 0.0870 e. The van der Waals surface area contributed by atoms with Crippen LogP contribution in [0.15, 0.2) is 0 Å². The molecule has 3 nitrogen and oxygen atoms in total. The zero-order valence-corrected chi connectivity index (χ0v) is 10.9. The minimum atomic E-state index is 0.215. The van der Waals surface area contributed by atoms with Crippen molar-refractivity contribution < 1.29 is 4.74 Å². The maximum atomic E-state index is 5.94. The summed E-state index contributed by atoms with van der Waals surface area (Å²) >= 11 is 5.01. The van der Waals surface area contributed by atoms with Crippen LogP contribution in [0.5, 0.6) is 0 Å². The molecule has 1 heterocycles. The highest BCUT2D eigenvalue weighted by Gasteiger charge is 2.43. The standard InChI is InChI=1S/C12H22N2OS/c1-2-14(9-11(13)16)10-4-7-15-12(8-10)5-3-6-12/h10H,2-9H2,1H3,(H2,13,16). The molecule has 0 amide bonds. The Morgan fingerprint density at radius 3 is 2.81 bits per heavy atom. The lowest BCUT2D eigenvalue weighted by Crippen LogP contribution is -2.53. The lowest BCUT2D eigenvalue weighted by molar-refractivity contribution is -0.147. The van der Waals surface area contributed by atoms with Crippen LogP contribution in [0.3, 0.4) is 0 Å². The fraction of sp³-hybridized carbons (Fsp3) is 0.917. The second kappa shape index (κ2) is 4.98. The van der Waals surface area contributed by atoms with E-state index < -0.39 is 0 Å². The molecule has 0 bridgehead atoms. The molecule has 1 atom stereocenters. The van der Waals surface area contributed by atoms with Crippen LogP contribution in [0.2, 0.25) is 0 Å². The molecule has 1 unspecified atom stereocenters. The Morgan fingerprint density at radius 1 is 1.56 bits per heavy atom. The predicted molar refractivity (Wildman–Crippen MR) is 69.6 cm³/mol. The van der Waals surface area contributed by atoms with Gasteiger partial charge in [0.05, 0.1) is 10.6 Å². The number of nitrogens with two attached hydrogens (primary N) is 1. The Hall–Kier alpha value is -0.190. The lowest BCUT2D eigenvalue weighted by Gasteiger charge is -2.49. The summed E-state index contributed by atoms with van der Waals surface area (Å²) in [5.74, 6) is 0. The van der Waals surface area contributed by atoms with Gasteiger partial charge in [-0.2, -0.15) is 0 Å². The van der Waals surface area contributed by atoms with E-state index in [-0.39, 0.29) is 5.60 Å². The number of nitrogens with zero attached hydrogens (tertiary/aromatic N) is 1. The molecule has 4 heteroatoms. The summed E-state index contributed by atoms with van der Waals surface area (Å²) in [5, 5.41) is 0. The third-order valence-corrected chi connectivity index (χ3v) is 4.14. The van der Waals surface area contributed by atoms with Gasteiger partial charge in [-0.1, -0.05) is 19.1 Å². The molecule has 1 saturated carbocycles. The molecule has 2 aliphatic rings. The summed E-state index contributed by atoms with van der Waals surface area (Å²) in [4.78, 5) is 3.02. The summed E-state index contributed by atoms with van der Waals surface area (Å²) < 4.78 is 5.94. The van der Waals surface area contributed by atoms with E-state index in [4.69, 9.17) is 22.7 Å². The van der Waals surface area contributed by atoms with Crippen LogP contribution in [0.1, 0.15) is 39.0 Å². The molecule has 0 aromatic rings. The fourth-order valence-corrected chi connectivity index (χ4v) is 3.10. The average Bonchev–Trinajstić information content (AvgIpc) is 2.23. The van der Waals surface area contributed by atoms with Crippen molar-refractivity contribution in [2.45, 2.75) is 50.7 Å². The van der Waals surface area contributed by atoms with E-state index in [1.165, 1.54) is 25.7 Å². The maximum Gasteiger partial charge on any atom is 0.0870 e. The molecule has 16 heavy (non-hydrogen) atoms. The van der Waals surface area contributed by atoms with Gasteiger partial charge in [0.2, 0.25) is 0 Å². The molecular formula is C12H22N2OS. The van der Waals surface area contributed by atoms with Gasteiger partial charge in [0.15, 0.2) is 0 Å². The zero-order valence-electron chi connectivity index (χ0n) is 10.1. The highest BCUT2D eigenvalue weighted by atomic mass is 32.1. The van der Waals surface area contributed by atoms with Gasteiger partial charge in [-0.3, -0.25) is 4.90 Å². The first kappa shape index (κ1) is 12.3. The quantitative estimate of drug-likeness (QED) is 0.762. The highest BCUT2D eigenvalue weighted by Crippen LogP contribution is 2.43. The predicted octanol–water partition coefficient (Wildman–Crippen LogP) is 1.70. The molecule has 1 aliphatic carbocycles. The van der Waals surface area contributed by atoms with Crippen LogP contribution in [0, 0.1) is 0 Å². The van der Waals surface area contributed by atoms with Crippen LogP contribution in [-0.2, 0) is 4.74 Å². The average molecular weight is 242 g/mol. The summed E-state index contributed by atoms with van der Waals surface area (Å²) in [6, 6.07) is 0.612. The van der Waals surface area contributed by atoms with Crippen molar-refractivity contribution >= 4 is 17.2 Å². The monoisotopic (exact) mass is 242 g/mol. The highest BCUT2D eigenvalue weighted by molar-refractivity contribution is 7.80. The van der Waals surface area contributed by atoms with Crippen molar-refractivity contribution in [3.8, 4) is 0 Å². The largest absolute Gasteiger partial charge is 0.392 e. The Labute approximate surface area is 103 Å².